The predicted octanol–water partition coefficient (Wildman–Crippen LogP) is 3.03. The van der Waals surface area contributed by atoms with Gasteiger partial charge in [-0.2, -0.15) is 0 Å². The molecule has 1 N–H and O–H groups in total. The predicted molar refractivity (Wildman–Crippen MR) is 67.8 cm³/mol. The third-order valence-electron chi connectivity index (χ3n) is 4.74. The van der Waals surface area contributed by atoms with Gasteiger partial charge in [-0.25, -0.2) is 0 Å². The van der Waals surface area contributed by atoms with Gasteiger partial charge in [-0.15, -0.1) is 0 Å². The normalized spacial score (nSPS) is 32.9. The molecule has 1 saturated heterocycles. The monoisotopic (exact) mass is 215 g/mol. The Hall–Kier alpha value is -0.820. The maximum Gasteiger partial charge on any atom is 0.0167 e. The second-order valence-corrected chi connectivity index (χ2v) is 5.32. The van der Waals surface area contributed by atoms with Crippen LogP contribution in [0.3, 0.4) is 0 Å². The van der Waals surface area contributed by atoms with Crippen molar-refractivity contribution >= 4 is 0 Å². The van der Waals surface area contributed by atoms with Gasteiger partial charge in [0.2, 0.25) is 0 Å². The number of hydrogen-bond donors (Lipinski definition) is 1. The van der Waals surface area contributed by atoms with Crippen LogP contribution in [0.25, 0.3) is 0 Å². The molecule has 0 bridgehead atoms. The summed E-state index contributed by atoms with van der Waals surface area (Å²) in [4.78, 5) is 0. The Balaban J connectivity index is 2.11. The second-order valence-electron chi connectivity index (χ2n) is 5.32. The van der Waals surface area contributed by atoms with Crippen LogP contribution in [-0.4, -0.2) is 12.6 Å². The number of aryl methyl sites for hydroxylation is 1. The molecule has 1 nitrogen and oxygen atoms in total. The molecule has 1 fully saturated rings. The number of benzene rings is 1. The Labute approximate surface area is 98.3 Å². The van der Waals surface area contributed by atoms with Crippen molar-refractivity contribution in [2.45, 2.75) is 50.5 Å². The van der Waals surface area contributed by atoms with Crippen molar-refractivity contribution in [3.05, 3.63) is 35.4 Å². The molecule has 1 aromatic carbocycles. The Kier molecular flexibility index (Phi) is 2.51. The van der Waals surface area contributed by atoms with E-state index in [0.29, 0.717) is 5.41 Å². The quantitative estimate of drug-likeness (QED) is 0.759. The van der Waals surface area contributed by atoms with E-state index in [0.717, 1.165) is 6.04 Å². The molecule has 2 unspecified atom stereocenters. The van der Waals surface area contributed by atoms with Crippen LogP contribution < -0.4 is 5.32 Å². The first kappa shape index (κ1) is 10.3. The van der Waals surface area contributed by atoms with Gasteiger partial charge in [0.1, 0.15) is 0 Å². The van der Waals surface area contributed by atoms with Crippen LogP contribution in [0.1, 0.15) is 43.7 Å². The number of hydrogen-bond acceptors (Lipinski definition) is 1. The summed E-state index contributed by atoms with van der Waals surface area (Å²) in [6.45, 7) is 3.58. The van der Waals surface area contributed by atoms with E-state index in [9.17, 15) is 0 Å². The zero-order valence-corrected chi connectivity index (χ0v) is 10.1. The molecule has 1 aliphatic carbocycles. The highest BCUT2D eigenvalue weighted by Crippen LogP contribution is 2.44. The van der Waals surface area contributed by atoms with E-state index in [1.165, 1.54) is 38.6 Å². The van der Waals surface area contributed by atoms with Crippen LogP contribution in [0.15, 0.2) is 24.3 Å². The van der Waals surface area contributed by atoms with Gasteiger partial charge in [0.15, 0.2) is 0 Å². The molecule has 1 heterocycles. The largest absolute Gasteiger partial charge is 0.313 e. The summed E-state index contributed by atoms with van der Waals surface area (Å²) in [7, 11) is 0. The first-order valence-electron chi connectivity index (χ1n) is 6.68. The lowest BCUT2D eigenvalue weighted by Gasteiger charge is -2.49. The van der Waals surface area contributed by atoms with E-state index in [-0.39, 0.29) is 0 Å². The molecule has 1 aliphatic heterocycles. The zero-order valence-electron chi connectivity index (χ0n) is 10.1. The van der Waals surface area contributed by atoms with E-state index in [1.807, 2.05) is 0 Å². The van der Waals surface area contributed by atoms with E-state index in [4.69, 9.17) is 0 Å². The Morgan fingerprint density at radius 3 is 3.12 bits per heavy atom. The fraction of sp³-hybridized carbons (Fsp3) is 0.600. The van der Waals surface area contributed by atoms with Crippen molar-refractivity contribution in [1.82, 2.24) is 5.32 Å². The van der Waals surface area contributed by atoms with Gasteiger partial charge in [-0.05, 0) is 49.8 Å². The number of fused-ring (bicyclic) bond motifs is 3. The van der Waals surface area contributed by atoms with Crippen molar-refractivity contribution in [2.24, 2.45) is 0 Å². The highest BCUT2D eigenvalue weighted by atomic mass is 15.0. The van der Waals surface area contributed by atoms with Gasteiger partial charge in [-0.1, -0.05) is 31.2 Å². The van der Waals surface area contributed by atoms with E-state index >= 15 is 0 Å². The molecule has 0 amide bonds. The molecule has 86 valence electrons. The minimum atomic E-state index is 0.438. The highest BCUT2D eigenvalue weighted by molar-refractivity contribution is 5.39. The topological polar surface area (TPSA) is 12.0 Å². The average molecular weight is 215 g/mol. The smallest absolute Gasteiger partial charge is 0.0167 e. The van der Waals surface area contributed by atoms with Gasteiger partial charge in [0.05, 0.1) is 0 Å². The second kappa shape index (κ2) is 3.89. The fourth-order valence-corrected chi connectivity index (χ4v) is 3.89. The standard InChI is InChI=1S/C15H21N/c1-2-15-10-5-11-16-14(15)9-8-12-6-3-4-7-13(12)15/h3-4,6-7,14,16H,2,5,8-11H2,1H3. The summed E-state index contributed by atoms with van der Waals surface area (Å²) in [5.41, 5.74) is 3.68. The van der Waals surface area contributed by atoms with Crippen molar-refractivity contribution in [3.63, 3.8) is 0 Å². The van der Waals surface area contributed by atoms with E-state index in [1.54, 1.807) is 11.1 Å². The molecule has 0 radical (unpaired) electrons. The average Bonchev–Trinajstić information content (AvgIpc) is 2.38. The number of piperidine rings is 1. The van der Waals surface area contributed by atoms with Crippen molar-refractivity contribution in [2.75, 3.05) is 6.54 Å². The van der Waals surface area contributed by atoms with Gasteiger partial charge < -0.3 is 5.32 Å². The van der Waals surface area contributed by atoms with Gasteiger partial charge >= 0.3 is 0 Å². The van der Waals surface area contributed by atoms with Crippen LogP contribution in [0, 0.1) is 0 Å². The number of nitrogens with one attached hydrogen (secondary N) is 1. The minimum absolute atomic E-state index is 0.438. The fourth-order valence-electron chi connectivity index (χ4n) is 3.89. The summed E-state index contributed by atoms with van der Waals surface area (Å²) < 4.78 is 0. The molecule has 2 atom stereocenters. The first-order valence-corrected chi connectivity index (χ1v) is 6.68. The van der Waals surface area contributed by atoms with Crippen LogP contribution >= 0.6 is 0 Å². The first-order chi connectivity index (χ1) is 7.87. The third kappa shape index (κ3) is 1.34. The molecule has 1 heteroatoms. The molecule has 2 aliphatic rings. The maximum absolute atomic E-state index is 3.75. The van der Waals surface area contributed by atoms with Crippen LogP contribution in [0.5, 0.6) is 0 Å². The molecule has 3 rings (SSSR count). The lowest BCUT2D eigenvalue weighted by Crippen LogP contribution is -2.54. The molecule has 0 saturated carbocycles. The molecule has 0 spiro atoms. The van der Waals surface area contributed by atoms with Crippen molar-refractivity contribution in [1.29, 1.82) is 0 Å². The van der Waals surface area contributed by atoms with Gasteiger partial charge in [0, 0.05) is 11.5 Å². The summed E-state index contributed by atoms with van der Waals surface area (Å²) in [5.74, 6) is 0. The molecule has 0 aromatic heterocycles. The van der Waals surface area contributed by atoms with Crippen molar-refractivity contribution in [3.8, 4) is 0 Å². The molecular formula is C15H21N. The summed E-state index contributed by atoms with van der Waals surface area (Å²) in [6.07, 6.45) is 6.57. The van der Waals surface area contributed by atoms with E-state index < -0.39 is 0 Å². The van der Waals surface area contributed by atoms with Crippen LogP contribution in [0.2, 0.25) is 0 Å². The van der Waals surface area contributed by atoms with Gasteiger partial charge in [-0.3, -0.25) is 0 Å². The Bertz CT molecular complexity index is 385. The molecular weight excluding hydrogens is 194 g/mol. The minimum Gasteiger partial charge on any atom is -0.313 e. The Morgan fingerprint density at radius 2 is 2.25 bits per heavy atom. The maximum atomic E-state index is 3.75. The number of rotatable bonds is 1. The third-order valence-corrected chi connectivity index (χ3v) is 4.74. The van der Waals surface area contributed by atoms with Crippen LogP contribution in [-0.2, 0) is 11.8 Å². The summed E-state index contributed by atoms with van der Waals surface area (Å²) >= 11 is 0. The Morgan fingerprint density at radius 1 is 1.38 bits per heavy atom. The van der Waals surface area contributed by atoms with E-state index in [2.05, 4.69) is 36.5 Å². The zero-order chi connectivity index (χ0) is 11.0. The lowest BCUT2D eigenvalue weighted by molar-refractivity contribution is 0.194. The summed E-state index contributed by atoms with van der Waals surface area (Å²) in [5, 5.41) is 3.75. The SMILES string of the molecule is CCC12CCCNC1CCc1ccccc12. The van der Waals surface area contributed by atoms with Gasteiger partial charge in [0.25, 0.3) is 0 Å². The highest BCUT2D eigenvalue weighted by Gasteiger charge is 2.43. The lowest BCUT2D eigenvalue weighted by atomic mass is 9.61. The molecule has 16 heavy (non-hydrogen) atoms. The summed E-state index contributed by atoms with van der Waals surface area (Å²) in [6, 6.07) is 9.84. The van der Waals surface area contributed by atoms with Crippen molar-refractivity contribution < 1.29 is 0 Å². The van der Waals surface area contributed by atoms with Crippen LogP contribution in [0.4, 0.5) is 0 Å². The molecule has 1 aromatic rings.